The fourth-order valence-corrected chi connectivity index (χ4v) is 5.24. The number of aromatic nitrogens is 1. The van der Waals surface area contributed by atoms with Crippen LogP contribution >= 0.6 is 11.3 Å². The van der Waals surface area contributed by atoms with E-state index in [0.717, 1.165) is 35.3 Å². The summed E-state index contributed by atoms with van der Waals surface area (Å²) in [5, 5.41) is 3.03. The van der Waals surface area contributed by atoms with Crippen molar-refractivity contribution < 1.29 is 52.1 Å². The molecule has 1 heterocycles. The Balaban J connectivity index is 1.58. The number of benzene rings is 3. The van der Waals surface area contributed by atoms with Crippen LogP contribution in [0.4, 0.5) is 39.5 Å². The Morgan fingerprint density at radius 2 is 1.30 bits per heavy atom. The van der Waals surface area contributed by atoms with E-state index in [-0.39, 0.29) is 5.56 Å². The van der Waals surface area contributed by atoms with E-state index < -0.39 is 39.1 Å². The molecule has 3 aromatic carbocycles. The van der Waals surface area contributed by atoms with Crippen LogP contribution in [0, 0.1) is 0 Å². The number of hydrogen-bond donors (Lipinski definition) is 0. The van der Waals surface area contributed by atoms with E-state index in [2.05, 4.69) is 14.4 Å². The van der Waals surface area contributed by atoms with E-state index in [1.807, 2.05) is 70.6 Å². The van der Waals surface area contributed by atoms with Gasteiger partial charge in [-0.05, 0) is 47.5 Å². The lowest BCUT2D eigenvalue weighted by molar-refractivity contribution is -0.382. The first-order chi connectivity index (χ1) is 20.0. The molecule has 1 aromatic heterocycles. The molecule has 17 heteroatoms. The third-order valence-electron chi connectivity index (χ3n) is 5.66. The summed E-state index contributed by atoms with van der Waals surface area (Å²) in [7, 11) is -7.05. The third-order valence-corrected chi connectivity index (χ3v) is 7.77. The van der Waals surface area contributed by atoms with Crippen LogP contribution in [0.1, 0.15) is 5.56 Å². The van der Waals surface area contributed by atoms with Crippen LogP contribution in [0.5, 0.6) is 5.75 Å². The zero-order chi connectivity index (χ0) is 31.7. The molecular formula is C26H16F9N3O3S2. The average Bonchev–Trinajstić information content (AvgIpc) is 3.38. The maximum atomic E-state index is 13.9. The van der Waals surface area contributed by atoms with Crippen LogP contribution in [-0.4, -0.2) is 42.5 Å². The normalized spacial score (nSPS) is 13.9. The van der Waals surface area contributed by atoms with Gasteiger partial charge in [-0.15, -0.1) is 16.4 Å². The van der Waals surface area contributed by atoms with Gasteiger partial charge in [-0.1, -0.05) is 48.5 Å². The molecule has 6 nitrogen and oxygen atoms in total. The SMILES string of the molecule is O=S(=O)(Oc1ccc(/C=N/N=c2scc(-c3ccccc3)n2-c2ccccc2)cc1)C(F)(F)C(F)(F)C(F)(F)C(F)(F)F. The Morgan fingerprint density at radius 1 is 0.744 bits per heavy atom. The van der Waals surface area contributed by atoms with Gasteiger partial charge in [-0.25, -0.2) is 0 Å². The smallest absolute Gasteiger partial charge is 0.378 e. The number of rotatable bonds is 9. The molecular weight excluding hydrogens is 637 g/mol. The van der Waals surface area contributed by atoms with Gasteiger partial charge >= 0.3 is 33.4 Å². The molecule has 0 spiro atoms. The van der Waals surface area contributed by atoms with E-state index in [1.54, 1.807) is 0 Å². The Morgan fingerprint density at radius 3 is 1.86 bits per heavy atom. The van der Waals surface area contributed by atoms with Gasteiger partial charge in [-0.2, -0.15) is 53.0 Å². The number of para-hydroxylation sites is 1. The Kier molecular flexibility index (Phi) is 8.52. The monoisotopic (exact) mass is 653 g/mol. The second kappa shape index (κ2) is 11.5. The van der Waals surface area contributed by atoms with Crippen molar-refractivity contribution in [3.05, 3.63) is 101 Å². The fraction of sp³-hybridized carbons (Fsp3) is 0.154. The molecule has 0 amide bonds. The second-order valence-electron chi connectivity index (χ2n) is 8.55. The van der Waals surface area contributed by atoms with Gasteiger partial charge in [0.1, 0.15) is 5.75 Å². The van der Waals surface area contributed by atoms with Crippen LogP contribution in [0.25, 0.3) is 16.9 Å². The summed E-state index contributed by atoms with van der Waals surface area (Å²) in [5.41, 5.74) is 2.64. The van der Waals surface area contributed by atoms with E-state index in [0.29, 0.717) is 16.9 Å². The molecule has 0 atom stereocenters. The molecule has 0 bridgehead atoms. The highest BCUT2D eigenvalue weighted by Crippen LogP contribution is 2.55. The van der Waals surface area contributed by atoms with Gasteiger partial charge in [0.05, 0.1) is 11.9 Å². The standard InChI is InChI=1S/C26H16F9N3O3S2/c27-23(28,25(31,32)33)24(29,30)26(34,35)43(39,40)41-20-13-11-17(12-14-20)15-36-37-22-38(19-9-5-2-6-10-19)21(16-42-22)18-7-3-1-4-8-18/h1-16H/b36-15+,37-22?. The number of hydrogen-bond acceptors (Lipinski definition) is 6. The number of thiazole rings is 1. The summed E-state index contributed by atoms with van der Waals surface area (Å²) in [5.74, 6) is -15.9. The van der Waals surface area contributed by atoms with Crippen molar-refractivity contribution in [3.63, 3.8) is 0 Å². The molecule has 0 radical (unpaired) electrons. The minimum atomic E-state index is -7.40. The second-order valence-corrected chi connectivity index (χ2v) is 11.0. The molecule has 0 unspecified atom stereocenters. The highest BCUT2D eigenvalue weighted by molar-refractivity contribution is 7.88. The zero-order valence-corrected chi connectivity index (χ0v) is 22.7. The van der Waals surface area contributed by atoms with Crippen molar-refractivity contribution >= 4 is 27.7 Å². The molecule has 0 aliphatic carbocycles. The first-order valence-corrected chi connectivity index (χ1v) is 13.9. The van der Waals surface area contributed by atoms with Gasteiger partial charge in [0.2, 0.25) is 4.80 Å². The summed E-state index contributed by atoms with van der Waals surface area (Å²) >= 11 is 1.26. The number of nitrogens with zero attached hydrogens (tertiary/aromatic N) is 3. The minimum Gasteiger partial charge on any atom is -0.378 e. The van der Waals surface area contributed by atoms with Crippen molar-refractivity contribution in [3.8, 4) is 22.7 Å². The van der Waals surface area contributed by atoms with Crippen molar-refractivity contribution in [1.29, 1.82) is 0 Å². The summed E-state index contributed by atoms with van der Waals surface area (Å²) in [6.45, 7) is 0. The van der Waals surface area contributed by atoms with E-state index in [1.165, 1.54) is 11.3 Å². The number of alkyl halides is 9. The molecule has 4 rings (SSSR count). The van der Waals surface area contributed by atoms with E-state index in [4.69, 9.17) is 0 Å². The predicted octanol–water partition coefficient (Wildman–Crippen LogP) is 7.27. The van der Waals surface area contributed by atoms with Gasteiger partial charge in [0.25, 0.3) is 0 Å². The van der Waals surface area contributed by atoms with Crippen molar-refractivity contribution in [2.45, 2.75) is 23.3 Å². The Labute approximate surface area is 241 Å². The molecule has 0 saturated carbocycles. The van der Waals surface area contributed by atoms with Gasteiger partial charge in [0, 0.05) is 11.1 Å². The molecule has 0 fully saturated rings. The lowest BCUT2D eigenvalue weighted by Crippen LogP contribution is -2.63. The lowest BCUT2D eigenvalue weighted by atomic mass is 10.1. The van der Waals surface area contributed by atoms with Crippen molar-refractivity contribution in [2.75, 3.05) is 0 Å². The van der Waals surface area contributed by atoms with Crippen molar-refractivity contribution in [2.24, 2.45) is 10.2 Å². The summed E-state index contributed by atoms with van der Waals surface area (Å²) in [6.07, 6.45) is -6.03. The van der Waals surface area contributed by atoms with Crippen LogP contribution in [0.15, 0.2) is 101 Å². The molecule has 43 heavy (non-hydrogen) atoms. The largest absolute Gasteiger partial charge is 0.460 e. The minimum absolute atomic E-state index is 0.167. The molecule has 0 aliphatic rings. The third kappa shape index (κ3) is 6.04. The zero-order valence-electron chi connectivity index (χ0n) is 21.0. The quantitative estimate of drug-likeness (QED) is 0.0826. The molecule has 0 aliphatic heterocycles. The van der Waals surface area contributed by atoms with Gasteiger partial charge in [0.15, 0.2) is 0 Å². The van der Waals surface area contributed by atoms with Crippen LogP contribution in [-0.2, 0) is 10.1 Å². The van der Waals surface area contributed by atoms with Crippen LogP contribution in [0.2, 0.25) is 0 Å². The van der Waals surface area contributed by atoms with E-state index >= 15 is 0 Å². The molecule has 4 aromatic rings. The Hall–Kier alpha value is -4.12. The van der Waals surface area contributed by atoms with Crippen molar-refractivity contribution in [1.82, 2.24) is 4.57 Å². The summed E-state index contributed by atoms with van der Waals surface area (Å²) in [6, 6.07) is 21.9. The maximum absolute atomic E-state index is 13.9. The molecule has 228 valence electrons. The topological polar surface area (TPSA) is 73.0 Å². The fourth-order valence-electron chi connectivity index (χ4n) is 3.47. The summed E-state index contributed by atoms with van der Waals surface area (Å²) < 4.78 is 147. The first-order valence-electron chi connectivity index (χ1n) is 11.6. The Bertz CT molecular complexity index is 1770. The van der Waals surface area contributed by atoms with Crippen LogP contribution in [0.3, 0.4) is 0 Å². The first kappa shape index (κ1) is 31.8. The maximum Gasteiger partial charge on any atom is 0.460 e. The van der Waals surface area contributed by atoms with Gasteiger partial charge < -0.3 is 4.18 Å². The van der Waals surface area contributed by atoms with Crippen LogP contribution < -0.4 is 8.98 Å². The predicted molar refractivity (Wildman–Crippen MR) is 139 cm³/mol. The summed E-state index contributed by atoms with van der Waals surface area (Å²) in [4.78, 5) is 0.436. The molecule has 0 saturated heterocycles. The lowest BCUT2D eigenvalue weighted by Gasteiger charge is -2.32. The number of halogens is 9. The highest BCUT2D eigenvalue weighted by atomic mass is 32.2. The average molecular weight is 654 g/mol. The van der Waals surface area contributed by atoms with E-state index in [9.17, 15) is 47.9 Å². The highest BCUT2D eigenvalue weighted by Gasteiger charge is 2.86. The van der Waals surface area contributed by atoms with Gasteiger partial charge in [-0.3, -0.25) is 4.57 Å². The molecule has 0 N–H and O–H groups in total.